The third-order valence-corrected chi connectivity index (χ3v) is 8.45. The van der Waals surface area contributed by atoms with Gasteiger partial charge < -0.3 is 20.7 Å². The molecule has 15 heteroatoms. The molecule has 1 aromatic carbocycles. The number of fused-ring (bicyclic) bond motifs is 1. The molecule has 38 heavy (non-hydrogen) atoms. The van der Waals surface area contributed by atoms with E-state index < -0.39 is 44.7 Å². The number of nitrogen functional groups attached to an aromatic ring is 1. The van der Waals surface area contributed by atoms with Gasteiger partial charge in [0, 0.05) is 30.9 Å². The number of sulfonamides is 1. The van der Waals surface area contributed by atoms with Crippen LogP contribution in [0.4, 0.5) is 29.5 Å². The molecule has 3 heterocycles. The van der Waals surface area contributed by atoms with Crippen molar-refractivity contribution in [2.45, 2.75) is 63.9 Å². The minimum atomic E-state index is -4.57. The van der Waals surface area contributed by atoms with Gasteiger partial charge in [0.2, 0.25) is 15.3 Å². The Morgan fingerprint density at radius 1 is 1.18 bits per heavy atom. The van der Waals surface area contributed by atoms with Crippen molar-refractivity contribution in [3.8, 4) is 0 Å². The van der Waals surface area contributed by atoms with E-state index in [1.54, 1.807) is 27.7 Å². The Balaban J connectivity index is 1.49. The summed E-state index contributed by atoms with van der Waals surface area (Å²) in [6, 6.07) is 2.58. The van der Waals surface area contributed by atoms with Gasteiger partial charge in [-0.05, 0) is 63.1 Å². The van der Waals surface area contributed by atoms with Crippen LogP contribution in [0.3, 0.4) is 0 Å². The van der Waals surface area contributed by atoms with Crippen molar-refractivity contribution >= 4 is 39.2 Å². The van der Waals surface area contributed by atoms with Crippen molar-refractivity contribution in [2.24, 2.45) is 0 Å². The maximum atomic E-state index is 13.3. The monoisotopic (exact) mass is 576 g/mol. The number of amides is 1. The fourth-order valence-electron chi connectivity index (χ4n) is 4.19. The molecule has 1 amide bonds. The highest BCUT2D eigenvalue weighted by molar-refractivity contribution is 7.89. The number of carbonyl (C=O) groups is 1. The number of nitrogens with one attached hydrogen (secondary N) is 1. The number of anilines is 2. The molecule has 10 nitrogen and oxygen atoms in total. The van der Waals surface area contributed by atoms with Crippen molar-refractivity contribution in [1.29, 1.82) is 0 Å². The van der Waals surface area contributed by atoms with Crippen LogP contribution in [0.5, 0.6) is 0 Å². The first kappa shape index (κ1) is 28.2. The van der Waals surface area contributed by atoms with E-state index in [9.17, 15) is 26.4 Å². The van der Waals surface area contributed by atoms with Crippen LogP contribution in [-0.4, -0.2) is 57.6 Å². The quantitative estimate of drug-likeness (QED) is 0.401. The number of aromatic nitrogens is 2. The number of halogens is 4. The fourth-order valence-corrected chi connectivity index (χ4v) is 6.14. The van der Waals surface area contributed by atoms with E-state index in [2.05, 4.69) is 15.3 Å². The van der Waals surface area contributed by atoms with Crippen LogP contribution in [0, 0.1) is 0 Å². The molecule has 0 unspecified atom stereocenters. The smallest absolute Gasteiger partial charge is 0.416 e. The van der Waals surface area contributed by atoms with Crippen molar-refractivity contribution in [2.75, 3.05) is 24.1 Å². The highest BCUT2D eigenvalue weighted by Gasteiger charge is 2.46. The second kappa shape index (κ2) is 9.72. The molecule has 3 N–H and O–H groups in total. The van der Waals surface area contributed by atoms with Crippen molar-refractivity contribution in [3.63, 3.8) is 0 Å². The Hall–Kier alpha value is -2.84. The number of nitrogens with zero attached hydrogens (tertiary/aromatic N) is 4. The Labute approximate surface area is 223 Å². The molecule has 208 valence electrons. The van der Waals surface area contributed by atoms with E-state index in [1.807, 2.05) is 0 Å². The lowest BCUT2D eigenvalue weighted by Gasteiger charge is -2.40. The Morgan fingerprint density at radius 3 is 2.45 bits per heavy atom. The molecule has 2 aliphatic heterocycles. The second-order valence-electron chi connectivity index (χ2n) is 10.3. The lowest BCUT2D eigenvalue weighted by Crippen LogP contribution is -2.60. The first-order valence-corrected chi connectivity index (χ1v) is 13.6. The number of likely N-dealkylation sites (tertiary alicyclic amines) is 1. The van der Waals surface area contributed by atoms with Crippen molar-refractivity contribution in [3.05, 3.63) is 45.9 Å². The van der Waals surface area contributed by atoms with Crippen LogP contribution < -0.4 is 11.1 Å². The molecule has 0 saturated carbocycles. The largest absolute Gasteiger partial charge is 0.444 e. The van der Waals surface area contributed by atoms with Crippen molar-refractivity contribution in [1.82, 2.24) is 19.2 Å². The number of carbonyl (C=O) groups excluding carboxylic acids is 1. The molecular weight excluding hydrogens is 549 g/mol. The molecular formula is C23H28ClF3N6O4S. The van der Waals surface area contributed by atoms with Gasteiger partial charge in [0.15, 0.2) is 0 Å². The predicted molar refractivity (Wildman–Crippen MR) is 135 cm³/mol. The number of nitrogens with two attached hydrogens (primary N) is 1. The van der Waals surface area contributed by atoms with Gasteiger partial charge in [0.25, 0.3) is 0 Å². The summed E-state index contributed by atoms with van der Waals surface area (Å²) in [5.74, 6) is 0.213. The van der Waals surface area contributed by atoms with Crippen LogP contribution in [-0.2, 0) is 34.0 Å². The van der Waals surface area contributed by atoms with Crippen molar-refractivity contribution < 1.29 is 31.1 Å². The molecule has 1 fully saturated rings. The predicted octanol–water partition coefficient (Wildman–Crippen LogP) is 4.17. The molecule has 0 radical (unpaired) electrons. The SMILES string of the molecule is C[C@@H](Nc1nc(Cl)nc2c1CN(S(=O)(=O)C1CN(C(=O)OC(C)(C)C)C1)C2)c1cc(N)cc(C(F)(F)F)c1. The molecule has 1 saturated heterocycles. The zero-order chi connectivity index (χ0) is 28.2. The third-order valence-electron chi connectivity index (χ3n) is 6.17. The van der Waals surface area contributed by atoms with Crippen LogP contribution >= 0.6 is 11.6 Å². The zero-order valence-corrected chi connectivity index (χ0v) is 22.7. The van der Waals surface area contributed by atoms with Crippen LogP contribution in [0.15, 0.2) is 18.2 Å². The minimum absolute atomic E-state index is 0.00433. The zero-order valence-electron chi connectivity index (χ0n) is 21.1. The molecule has 4 rings (SSSR count). The van der Waals surface area contributed by atoms with Crippen LogP contribution in [0.1, 0.15) is 56.1 Å². The van der Waals surface area contributed by atoms with E-state index in [0.29, 0.717) is 11.3 Å². The summed E-state index contributed by atoms with van der Waals surface area (Å²) < 4.78 is 72.8. The molecule has 2 aliphatic rings. The van der Waals surface area contributed by atoms with E-state index in [4.69, 9.17) is 22.1 Å². The lowest BCUT2D eigenvalue weighted by atomic mass is 10.0. The topological polar surface area (TPSA) is 131 Å². The summed E-state index contributed by atoms with van der Waals surface area (Å²) in [6.07, 6.45) is -5.15. The van der Waals surface area contributed by atoms with Crippen LogP contribution in [0.2, 0.25) is 5.28 Å². The average Bonchev–Trinajstić information content (AvgIpc) is 3.15. The number of ether oxygens (including phenoxy) is 1. The van der Waals surface area contributed by atoms with Gasteiger partial charge in [-0.2, -0.15) is 17.5 Å². The fraction of sp³-hybridized carbons (Fsp3) is 0.522. The first-order valence-electron chi connectivity index (χ1n) is 11.7. The van der Waals surface area contributed by atoms with E-state index in [0.717, 1.165) is 12.1 Å². The highest BCUT2D eigenvalue weighted by Crippen LogP contribution is 2.36. The summed E-state index contributed by atoms with van der Waals surface area (Å²) in [6.45, 7) is 6.68. The number of rotatable bonds is 5. The third kappa shape index (κ3) is 5.91. The van der Waals surface area contributed by atoms with Gasteiger partial charge in [0.05, 0.1) is 23.8 Å². The molecule has 0 spiro atoms. The van der Waals surface area contributed by atoms with Gasteiger partial charge in [-0.25, -0.2) is 23.2 Å². The summed E-state index contributed by atoms with van der Waals surface area (Å²) in [5, 5.41) is 2.08. The Morgan fingerprint density at radius 2 is 1.84 bits per heavy atom. The summed E-state index contributed by atoms with van der Waals surface area (Å²) in [7, 11) is -3.81. The Kier molecular flexibility index (Phi) is 7.21. The number of alkyl halides is 3. The maximum Gasteiger partial charge on any atom is 0.416 e. The summed E-state index contributed by atoms with van der Waals surface area (Å²) in [4.78, 5) is 21.8. The normalized spacial score (nSPS) is 17.6. The second-order valence-corrected chi connectivity index (χ2v) is 12.9. The van der Waals surface area contributed by atoms with E-state index >= 15 is 0 Å². The number of hydrogen-bond donors (Lipinski definition) is 2. The van der Waals surface area contributed by atoms with Gasteiger partial charge in [-0.1, -0.05) is 0 Å². The minimum Gasteiger partial charge on any atom is -0.444 e. The first-order chi connectivity index (χ1) is 17.4. The maximum absolute atomic E-state index is 13.3. The number of hydrogen-bond acceptors (Lipinski definition) is 8. The molecule has 0 aliphatic carbocycles. The van der Waals surface area contributed by atoms with E-state index in [1.165, 1.54) is 15.3 Å². The molecule has 0 bridgehead atoms. The highest BCUT2D eigenvalue weighted by atomic mass is 35.5. The Bertz CT molecular complexity index is 1360. The average molecular weight is 577 g/mol. The molecule has 2 aromatic rings. The lowest BCUT2D eigenvalue weighted by molar-refractivity contribution is -0.137. The summed E-state index contributed by atoms with van der Waals surface area (Å²) in [5.41, 5.74) is 5.18. The molecule has 1 aromatic heterocycles. The van der Waals surface area contributed by atoms with Gasteiger partial charge >= 0.3 is 12.3 Å². The van der Waals surface area contributed by atoms with Gasteiger partial charge in [-0.15, -0.1) is 0 Å². The van der Waals surface area contributed by atoms with Gasteiger partial charge in [0.1, 0.15) is 16.7 Å². The summed E-state index contributed by atoms with van der Waals surface area (Å²) >= 11 is 6.08. The van der Waals surface area contributed by atoms with E-state index in [-0.39, 0.29) is 48.5 Å². The number of benzene rings is 1. The van der Waals surface area contributed by atoms with Gasteiger partial charge in [-0.3, -0.25) is 0 Å². The standard InChI is InChI=1S/C23H28ClF3N6O4S/c1-12(13-5-14(23(25,26)27)7-15(28)6-13)29-19-17-10-33(11-18(17)30-20(24)31-19)38(35,36)16-8-32(9-16)21(34)37-22(2,3)4/h5-7,12,16H,8-11,28H2,1-4H3,(H,29,30,31)/t12-/m1/s1. The molecule has 1 atom stereocenters. The van der Waals surface area contributed by atoms with Crippen LogP contribution in [0.25, 0.3) is 0 Å².